The predicted octanol–water partition coefficient (Wildman–Crippen LogP) is 6.79. The summed E-state index contributed by atoms with van der Waals surface area (Å²) >= 11 is 5.90. The molecule has 0 amide bonds. The van der Waals surface area contributed by atoms with Crippen LogP contribution in [0.4, 0.5) is 15.9 Å². The molecule has 1 N–H and O–H groups in total. The summed E-state index contributed by atoms with van der Waals surface area (Å²) in [4.78, 5) is 12.9. The van der Waals surface area contributed by atoms with Gasteiger partial charge >= 0.3 is 0 Å². The highest BCUT2D eigenvalue weighted by molar-refractivity contribution is 6.31. The first kappa shape index (κ1) is 21.5. The number of nitrogens with zero attached hydrogens (tertiary/aromatic N) is 3. The van der Waals surface area contributed by atoms with Crippen molar-refractivity contribution in [3.8, 4) is 17.2 Å². The monoisotopic (exact) mass is 450 g/mol. The minimum absolute atomic E-state index is 0.0175. The Morgan fingerprint density at radius 2 is 1.91 bits per heavy atom. The van der Waals surface area contributed by atoms with Gasteiger partial charge in [0.2, 0.25) is 0 Å². The Labute approximate surface area is 189 Å². The average Bonchev–Trinajstić information content (AvgIpc) is 2.76. The molecule has 0 spiro atoms. The molecule has 0 saturated heterocycles. The smallest absolute Gasteiger partial charge is 0.170 e. The van der Waals surface area contributed by atoms with Crippen molar-refractivity contribution in [2.75, 3.05) is 12.4 Å². The van der Waals surface area contributed by atoms with Gasteiger partial charge in [0.25, 0.3) is 0 Å². The lowest BCUT2D eigenvalue weighted by atomic mass is 10.2. The van der Waals surface area contributed by atoms with Crippen LogP contribution in [0.25, 0.3) is 17.0 Å². The van der Waals surface area contributed by atoms with Crippen LogP contribution in [0.5, 0.6) is 17.2 Å². The number of fused-ring (bicyclic) bond motifs is 1. The molecule has 0 aliphatic heterocycles. The van der Waals surface area contributed by atoms with Crippen LogP contribution in [0.15, 0.2) is 60.6 Å². The highest BCUT2D eigenvalue weighted by Gasteiger charge is 2.14. The van der Waals surface area contributed by atoms with E-state index in [4.69, 9.17) is 21.1 Å². The SMILES string of the molecule is COc1cc2ncnc(Nc3cccc(Cl)c3F)c2cc1Oc1ccnc(C=C(C)C)c1. The van der Waals surface area contributed by atoms with Gasteiger partial charge in [0.15, 0.2) is 17.3 Å². The Hall–Kier alpha value is -3.71. The molecule has 0 bridgehead atoms. The largest absolute Gasteiger partial charge is 0.493 e. The quantitative estimate of drug-likeness (QED) is 0.349. The zero-order valence-electron chi connectivity index (χ0n) is 17.7. The van der Waals surface area contributed by atoms with Gasteiger partial charge in [-0.3, -0.25) is 4.98 Å². The normalized spacial score (nSPS) is 10.7. The first-order valence-electron chi connectivity index (χ1n) is 9.77. The lowest BCUT2D eigenvalue weighted by molar-refractivity contribution is 0.379. The lowest BCUT2D eigenvalue weighted by Gasteiger charge is -2.14. The molecule has 4 rings (SSSR count). The first-order chi connectivity index (χ1) is 15.4. The maximum atomic E-state index is 14.4. The van der Waals surface area contributed by atoms with Crippen LogP contribution < -0.4 is 14.8 Å². The van der Waals surface area contributed by atoms with Crippen LogP contribution in [0.1, 0.15) is 19.5 Å². The molecule has 6 nitrogen and oxygen atoms in total. The van der Waals surface area contributed by atoms with E-state index < -0.39 is 5.82 Å². The Bertz CT molecular complexity index is 1320. The molecule has 0 saturated carbocycles. The number of aromatic nitrogens is 3. The van der Waals surface area contributed by atoms with Gasteiger partial charge in [0.05, 0.1) is 29.0 Å². The van der Waals surface area contributed by atoms with Crippen LogP contribution in [0, 0.1) is 5.82 Å². The second-order valence-corrected chi connectivity index (χ2v) is 7.62. The van der Waals surface area contributed by atoms with Gasteiger partial charge in [-0.15, -0.1) is 0 Å². The molecule has 0 radical (unpaired) electrons. The van der Waals surface area contributed by atoms with Gasteiger partial charge in [0, 0.05) is 23.7 Å². The third kappa shape index (κ3) is 4.63. The number of methoxy groups -OCH3 is 1. The Balaban J connectivity index is 1.76. The fourth-order valence-electron chi connectivity index (χ4n) is 3.12. The fraction of sp³-hybridized carbons (Fsp3) is 0.125. The molecular weight excluding hydrogens is 431 g/mol. The van der Waals surface area contributed by atoms with Gasteiger partial charge in [0.1, 0.15) is 17.9 Å². The van der Waals surface area contributed by atoms with E-state index in [0.29, 0.717) is 34.0 Å². The molecule has 8 heteroatoms. The molecule has 0 unspecified atom stereocenters. The molecule has 2 heterocycles. The van der Waals surface area contributed by atoms with Gasteiger partial charge in [-0.1, -0.05) is 23.2 Å². The predicted molar refractivity (Wildman–Crippen MR) is 124 cm³/mol. The van der Waals surface area contributed by atoms with Gasteiger partial charge in [-0.2, -0.15) is 0 Å². The maximum absolute atomic E-state index is 14.4. The van der Waals surface area contributed by atoms with Crippen molar-refractivity contribution in [2.45, 2.75) is 13.8 Å². The molecule has 0 aliphatic carbocycles. The Morgan fingerprint density at radius 3 is 2.69 bits per heavy atom. The second-order valence-electron chi connectivity index (χ2n) is 7.21. The Morgan fingerprint density at radius 1 is 1.06 bits per heavy atom. The van der Waals surface area contributed by atoms with E-state index in [9.17, 15) is 4.39 Å². The summed E-state index contributed by atoms with van der Waals surface area (Å²) in [5, 5.41) is 3.63. The topological polar surface area (TPSA) is 69.2 Å². The number of benzene rings is 2. The number of anilines is 2. The van der Waals surface area contributed by atoms with E-state index in [1.807, 2.05) is 26.0 Å². The van der Waals surface area contributed by atoms with Crippen molar-refractivity contribution < 1.29 is 13.9 Å². The van der Waals surface area contributed by atoms with Crippen molar-refractivity contribution in [2.24, 2.45) is 0 Å². The summed E-state index contributed by atoms with van der Waals surface area (Å²) in [5.41, 5.74) is 2.72. The molecule has 32 heavy (non-hydrogen) atoms. The number of pyridine rings is 1. The summed E-state index contributed by atoms with van der Waals surface area (Å²) in [7, 11) is 1.55. The third-order valence-corrected chi connectivity index (χ3v) is 4.83. The minimum Gasteiger partial charge on any atom is -0.493 e. The summed E-state index contributed by atoms with van der Waals surface area (Å²) < 4.78 is 26.0. The van der Waals surface area contributed by atoms with Gasteiger partial charge < -0.3 is 14.8 Å². The van der Waals surface area contributed by atoms with Crippen LogP contribution in [0.3, 0.4) is 0 Å². The van der Waals surface area contributed by atoms with Crippen LogP contribution in [-0.4, -0.2) is 22.1 Å². The zero-order valence-corrected chi connectivity index (χ0v) is 18.4. The minimum atomic E-state index is -0.561. The summed E-state index contributed by atoms with van der Waals surface area (Å²) in [6.45, 7) is 4.00. The van der Waals surface area contributed by atoms with E-state index in [1.165, 1.54) is 12.4 Å². The average molecular weight is 451 g/mol. The van der Waals surface area contributed by atoms with Crippen LogP contribution >= 0.6 is 11.6 Å². The molecule has 162 valence electrons. The van der Waals surface area contributed by atoms with Crippen LogP contribution in [-0.2, 0) is 0 Å². The summed E-state index contributed by atoms with van der Waals surface area (Å²) in [6.07, 6.45) is 5.02. The Kier molecular flexibility index (Phi) is 6.18. The van der Waals surface area contributed by atoms with Crippen LogP contribution in [0.2, 0.25) is 5.02 Å². The number of hydrogen-bond acceptors (Lipinski definition) is 6. The number of halogens is 2. The summed E-state index contributed by atoms with van der Waals surface area (Å²) in [6, 6.07) is 11.8. The molecule has 0 fully saturated rings. The number of ether oxygens (including phenoxy) is 2. The lowest BCUT2D eigenvalue weighted by Crippen LogP contribution is -2.00. The van der Waals surface area contributed by atoms with E-state index in [-0.39, 0.29) is 10.7 Å². The van der Waals surface area contributed by atoms with Crippen molar-refractivity contribution in [3.63, 3.8) is 0 Å². The van der Waals surface area contributed by atoms with Crippen molar-refractivity contribution in [3.05, 3.63) is 77.1 Å². The molecule has 0 atom stereocenters. The van der Waals surface area contributed by atoms with Gasteiger partial charge in [-0.25, -0.2) is 14.4 Å². The number of allylic oxidation sites excluding steroid dienone is 1. The summed E-state index contributed by atoms with van der Waals surface area (Å²) in [5.74, 6) is 1.39. The van der Waals surface area contributed by atoms with Gasteiger partial charge in [-0.05, 0) is 44.2 Å². The zero-order chi connectivity index (χ0) is 22.7. The molecule has 0 aliphatic rings. The van der Waals surface area contributed by atoms with E-state index in [0.717, 1.165) is 11.3 Å². The highest BCUT2D eigenvalue weighted by atomic mass is 35.5. The van der Waals surface area contributed by atoms with Crippen molar-refractivity contribution in [1.82, 2.24) is 15.0 Å². The fourth-order valence-corrected chi connectivity index (χ4v) is 3.30. The van der Waals surface area contributed by atoms with Crippen molar-refractivity contribution in [1.29, 1.82) is 0 Å². The molecule has 2 aromatic heterocycles. The van der Waals surface area contributed by atoms with E-state index >= 15 is 0 Å². The van der Waals surface area contributed by atoms with E-state index in [2.05, 4.69) is 20.3 Å². The molecule has 4 aromatic rings. The third-order valence-electron chi connectivity index (χ3n) is 4.54. The number of hydrogen-bond donors (Lipinski definition) is 1. The van der Waals surface area contributed by atoms with E-state index in [1.54, 1.807) is 43.6 Å². The standard InChI is InChI=1S/C24H20ClFN4O2/c1-14(2)9-15-10-16(7-8-27-15)32-22-11-17-20(12-21(22)31-3)28-13-29-24(17)30-19-6-4-5-18(25)23(19)26/h4-13H,1-3H3,(H,28,29,30). The molecular formula is C24H20ClFN4O2. The highest BCUT2D eigenvalue weighted by Crippen LogP contribution is 2.37. The first-order valence-corrected chi connectivity index (χ1v) is 10.1. The molecule has 2 aromatic carbocycles. The maximum Gasteiger partial charge on any atom is 0.170 e. The number of nitrogens with one attached hydrogen (secondary N) is 1. The second kappa shape index (κ2) is 9.20. The number of rotatable bonds is 6. The van der Waals surface area contributed by atoms with Crippen molar-refractivity contribution >= 4 is 40.1 Å².